The van der Waals surface area contributed by atoms with Crippen LogP contribution in [0.5, 0.6) is 0 Å². The van der Waals surface area contributed by atoms with Gasteiger partial charge in [0.2, 0.25) is 11.7 Å². The maximum absolute atomic E-state index is 13.0. The van der Waals surface area contributed by atoms with Gasteiger partial charge in [-0.15, -0.1) is 0 Å². The lowest BCUT2D eigenvalue weighted by Gasteiger charge is -2.17. The van der Waals surface area contributed by atoms with Crippen molar-refractivity contribution in [3.63, 3.8) is 0 Å². The van der Waals surface area contributed by atoms with Gasteiger partial charge in [-0.05, 0) is 18.2 Å². The molecule has 0 aliphatic carbocycles. The molecule has 0 saturated carbocycles. The average Bonchev–Trinajstić information content (AvgIpc) is 3.19. The monoisotopic (exact) mass is 375 g/mol. The number of hydrogen-bond donors (Lipinski definition) is 0. The number of aryl methyl sites for hydroxylation is 1. The maximum atomic E-state index is 13.0. The van der Waals surface area contributed by atoms with E-state index in [1.54, 1.807) is 32.4 Å². The van der Waals surface area contributed by atoms with Crippen molar-refractivity contribution in [1.82, 2.24) is 24.6 Å². The van der Waals surface area contributed by atoms with Crippen LogP contribution in [0.4, 0.5) is 0 Å². The number of fused-ring (bicyclic) bond motifs is 1. The Bertz CT molecular complexity index is 1210. The minimum atomic E-state index is -0.300. The Kier molecular flexibility index (Phi) is 4.44. The largest absolute Gasteiger partial charge is 0.337 e. The number of carbonyl (C=O) groups is 1. The van der Waals surface area contributed by atoms with Crippen LogP contribution >= 0.6 is 0 Å². The molecule has 0 saturated heterocycles. The second-order valence-electron chi connectivity index (χ2n) is 6.36. The second-order valence-corrected chi connectivity index (χ2v) is 6.36. The summed E-state index contributed by atoms with van der Waals surface area (Å²) < 4.78 is 6.76. The quantitative estimate of drug-likeness (QED) is 0.543. The fourth-order valence-electron chi connectivity index (χ4n) is 2.99. The summed E-state index contributed by atoms with van der Waals surface area (Å²) in [7, 11) is 3.31. The molecule has 8 heteroatoms. The summed E-state index contributed by atoms with van der Waals surface area (Å²) in [6.07, 6.45) is 1.64. The van der Waals surface area contributed by atoms with E-state index >= 15 is 0 Å². The number of hydrogen-bond acceptors (Lipinski definition) is 6. The highest BCUT2D eigenvalue weighted by Crippen LogP contribution is 2.19. The van der Waals surface area contributed by atoms with Crippen LogP contribution < -0.4 is 5.56 Å². The molecular formula is C20H17N5O3. The molecule has 1 amide bonds. The molecule has 3 heterocycles. The first-order valence-electron chi connectivity index (χ1n) is 8.63. The van der Waals surface area contributed by atoms with Crippen molar-refractivity contribution in [3.05, 3.63) is 76.5 Å². The van der Waals surface area contributed by atoms with Gasteiger partial charge in [-0.2, -0.15) is 4.98 Å². The summed E-state index contributed by atoms with van der Waals surface area (Å²) in [4.78, 5) is 35.1. The first-order valence-corrected chi connectivity index (χ1v) is 8.63. The molecule has 4 rings (SSSR count). The SMILES string of the molecule is CN(Cc1nc(-c2ccccn2)no1)C(=O)c1cc(=O)n(C)c2ccccc12. The first kappa shape index (κ1) is 17.6. The van der Waals surface area contributed by atoms with Gasteiger partial charge in [0.05, 0.1) is 17.6 Å². The standard InChI is InChI=1S/C20H17N5O3/c1-24(12-17-22-19(23-28-17)15-8-5-6-10-21-15)20(27)14-11-18(26)25(2)16-9-4-3-7-13(14)16/h3-11H,12H2,1-2H3. The van der Waals surface area contributed by atoms with Gasteiger partial charge in [-0.25, -0.2) is 0 Å². The second kappa shape index (κ2) is 7.07. The Morgan fingerprint density at radius 1 is 1.18 bits per heavy atom. The third-order valence-corrected chi connectivity index (χ3v) is 4.47. The molecule has 140 valence electrons. The van der Waals surface area contributed by atoms with Crippen LogP contribution in [-0.2, 0) is 13.6 Å². The smallest absolute Gasteiger partial charge is 0.254 e. The summed E-state index contributed by atoms with van der Waals surface area (Å²) >= 11 is 0. The number of rotatable bonds is 4. The Labute approximate surface area is 160 Å². The lowest BCUT2D eigenvalue weighted by atomic mass is 10.1. The van der Waals surface area contributed by atoms with Gasteiger partial charge in [-0.1, -0.05) is 29.4 Å². The van der Waals surface area contributed by atoms with Crippen molar-refractivity contribution in [2.75, 3.05) is 7.05 Å². The van der Waals surface area contributed by atoms with Crippen molar-refractivity contribution < 1.29 is 9.32 Å². The van der Waals surface area contributed by atoms with E-state index in [1.165, 1.54) is 15.5 Å². The van der Waals surface area contributed by atoms with Crippen molar-refractivity contribution in [1.29, 1.82) is 0 Å². The predicted octanol–water partition coefficient (Wildman–Crippen LogP) is 2.26. The number of nitrogens with zero attached hydrogens (tertiary/aromatic N) is 5. The Balaban J connectivity index is 1.62. The van der Waals surface area contributed by atoms with Crippen molar-refractivity contribution in [2.45, 2.75) is 6.54 Å². The highest BCUT2D eigenvalue weighted by Gasteiger charge is 2.20. The zero-order chi connectivity index (χ0) is 19.7. The number of para-hydroxylation sites is 1. The molecular weight excluding hydrogens is 358 g/mol. The lowest BCUT2D eigenvalue weighted by Crippen LogP contribution is -2.29. The summed E-state index contributed by atoms with van der Waals surface area (Å²) in [5.74, 6) is 0.339. The third-order valence-electron chi connectivity index (χ3n) is 4.47. The van der Waals surface area contributed by atoms with Crippen LogP contribution in [0, 0.1) is 0 Å². The van der Waals surface area contributed by atoms with E-state index in [4.69, 9.17) is 4.52 Å². The van der Waals surface area contributed by atoms with E-state index in [2.05, 4.69) is 15.1 Å². The molecule has 28 heavy (non-hydrogen) atoms. The van der Waals surface area contributed by atoms with Crippen LogP contribution in [0.15, 0.2) is 64.0 Å². The van der Waals surface area contributed by atoms with Crippen molar-refractivity contribution in [2.24, 2.45) is 7.05 Å². The van der Waals surface area contributed by atoms with Crippen LogP contribution in [0.2, 0.25) is 0 Å². The molecule has 0 fully saturated rings. The number of amides is 1. The van der Waals surface area contributed by atoms with Gasteiger partial charge in [-0.3, -0.25) is 14.6 Å². The molecule has 0 spiro atoms. The van der Waals surface area contributed by atoms with E-state index in [-0.39, 0.29) is 23.9 Å². The fraction of sp³-hybridized carbons (Fsp3) is 0.150. The Morgan fingerprint density at radius 3 is 2.75 bits per heavy atom. The van der Waals surface area contributed by atoms with E-state index in [0.29, 0.717) is 28.0 Å². The summed E-state index contributed by atoms with van der Waals surface area (Å²) in [5, 5.41) is 4.62. The van der Waals surface area contributed by atoms with E-state index in [9.17, 15) is 9.59 Å². The minimum Gasteiger partial charge on any atom is -0.337 e. The molecule has 1 aromatic carbocycles. The zero-order valence-electron chi connectivity index (χ0n) is 15.4. The fourth-order valence-corrected chi connectivity index (χ4v) is 2.99. The molecule has 0 N–H and O–H groups in total. The van der Waals surface area contributed by atoms with E-state index in [1.807, 2.05) is 30.3 Å². The molecule has 0 radical (unpaired) electrons. The summed E-state index contributed by atoms with van der Waals surface area (Å²) in [6.45, 7) is 0.113. The highest BCUT2D eigenvalue weighted by molar-refractivity contribution is 6.05. The first-order chi connectivity index (χ1) is 13.5. The Morgan fingerprint density at radius 2 is 1.96 bits per heavy atom. The normalized spacial score (nSPS) is 10.9. The van der Waals surface area contributed by atoms with Crippen LogP contribution in [0.3, 0.4) is 0 Å². The molecule has 0 bridgehead atoms. The number of aromatic nitrogens is 4. The van der Waals surface area contributed by atoms with Crippen molar-refractivity contribution in [3.8, 4) is 11.5 Å². The molecule has 4 aromatic rings. The van der Waals surface area contributed by atoms with Crippen LogP contribution in [0.25, 0.3) is 22.4 Å². The van der Waals surface area contributed by atoms with E-state index < -0.39 is 0 Å². The molecule has 0 atom stereocenters. The minimum absolute atomic E-state index is 0.113. The van der Waals surface area contributed by atoms with Gasteiger partial charge in [0.1, 0.15) is 5.69 Å². The number of pyridine rings is 2. The van der Waals surface area contributed by atoms with E-state index in [0.717, 1.165) is 0 Å². The zero-order valence-corrected chi connectivity index (χ0v) is 15.4. The predicted molar refractivity (Wildman–Crippen MR) is 103 cm³/mol. The van der Waals surface area contributed by atoms with Gasteiger partial charge in [0, 0.05) is 31.7 Å². The van der Waals surface area contributed by atoms with Crippen LogP contribution in [0.1, 0.15) is 16.2 Å². The topological polar surface area (TPSA) is 94.1 Å². The van der Waals surface area contributed by atoms with Gasteiger partial charge in [0.25, 0.3) is 11.5 Å². The highest BCUT2D eigenvalue weighted by atomic mass is 16.5. The third kappa shape index (κ3) is 3.16. The molecule has 3 aromatic heterocycles. The van der Waals surface area contributed by atoms with Gasteiger partial charge in [0.15, 0.2) is 0 Å². The Hall–Kier alpha value is -3.81. The lowest BCUT2D eigenvalue weighted by molar-refractivity contribution is 0.0771. The molecule has 8 nitrogen and oxygen atoms in total. The van der Waals surface area contributed by atoms with Gasteiger partial charge >= 0.3 is 0 Å². The average molecular weight is 375 g/mol. The molecule has 0 aliphatic heterocycles. The molecule has 0 aliphatic rings. The van der Waals surface area contributed by atoms with Crippen molar-refractivity contribution >= 4 is 16.8 Å². The van der Waals surface area contributed by atoms with Crippen LogP contribution in [-0.4, -0.2) is 37.5 Å². The van der Waals surface area contributed by atoms with Gasteiger partial charge < -0.3 is 14.0 Å². The summed E-state index contributed by atoms with van der Waals surface area (Å²) in [5.41, 5.74) is 1.38. The maximum Gasteiger partial charge on any atom is 0.254 e. The molecule has 0 unspecified atom stereocenters. The number of benzene rings is 1. The summed E-state index contributed by atoms with van der Waals surface area (Å²) in [6, 6.07) is 14.1. The number of carbonyl (C=O) groups excluding carboxylic acids is 1.